The molecule has 0 aliphatic rings. The minimum Gasteiger partial charge on any atom is -0.507 e. The number of aromatic hydroxyl groups is 1. The molecule has 5 nitrogen and oxygen atoms in total. The number of halogens is 1. The highest BCUT2D eigenvalue weighted by atomic mass is 79.9. The molecule has 0 aliphatic heterocycles. The van der Waals surface area contributed by atoms with E-state index in [0.29, 0.717) is 16.8 Å². The van der Waals surface area contributed by atoms with Gasteiger partial charge >= 0.3 is 0 Å². The number of aryl methyl sites for hydroxylation is 1. The summed E-state index contributed by atoms with van der Waals surface area (Å²) in [5.74, 6) is -0.267. The van der Waals surface area contributed by atoms with Crippen LogP contribution in [-0.2, 0) is 0 Å². The molecule has 3 rings (SSSR count). The number of nitrogens with zero attached hydrogens (tertiary/aromatic N) is 2. The Hall–Kier alpha value is -2.73. The van der Waals surface area contributed by atoms with Crippen LogP contribution in [0.3, 0.4) is 0 Å². The number of carbonyl (C=O) groups excluding carboxylic acids is 1. The van der Waals surface area contributed by atoms with E-state index in [1.165, 1.54) is 6.21 Å². The first-order valence-electron chi connectivity index (χ1n) is 7.23. The second-order valence-corrected chi connectivity index (χ2v) is 6.13. The number of hydrogen-bond donors (Lipinski definition) is 2. The molecule has 6 heteroatoms. The second-order valence-electron chi connectivity index (χ2n) is 5.22. The van der Waals surface area contributed by atoms with Crippen molar-refractivity contribution in [2.45, 2.75) is 6.92 Å². The summed E-state index contributed by atoms with van der Waals surface area (Å²) in [7, 11) is 0. The van der Waals surface area contributed by atoms with E-state index in [1.807, 2.05) is 24.3 Å². The van der Waals surface area contributed by atoms with Crippen molar-refractivity contribution in [3.05, 3.63) is 69.8 Å². The van der Waals surface area contributed by atoms with Gasteiger partial charge in [0.1, 0.15) is 5.75 Å². The fourth-order valence-corrected chi connectivity index (χ4v) is 2.67. The molecule has 0 bridgehead atoms. The van der Waals surface area contributed by atoms with Gasteiger partial charge in [-0.05, 0) is 37.3 Å². The van der Waals surface area contributed by atoms with E-state index in [4.69, 9.17) is 0 Å². The molecule has 0 aliphatic carbocycles. The Morgan fingerprint density at radius 3 is 2.88 bits per heavy atom. The highest BCUT2D eigenvalue weighted by molar-refractivity contribution is 9.10. The summed E-state index contributed by atoms with van der Waals surface area (Å²) < 4.78 is 0.808. The van der Waals surface area contributed by atoms with Crippen LogP contribution in [0.1, 0.15) is 21.6 Å². The van der Waals surface area contributed by atoms with Crippen molar-refractivity contribution >= 4 is 39.0 Å². The van der Waals surface area contributed by atoms with Gasteiger partial charge in [0.2, 0.25) is 0 Å². The van der Waals surface area contributed by atoms with E-state index in [1.54, 1.807) is 31.2 Å². The monoisotopic (exact) mass is 383 g/mol. The van der Waals surface area contributed by atoms with Gasteiger partial charge in [-0.1, -0.05) is 34.1 Å². The molecule has 24 heavy (non-hydrogen) atoms. The van der Waals surface area contributed by atoms with E-state index < -0.39 is 0 Å². The fraction of sp³-hybridized carbons (Fsp3) is 0.0556. The van der Waals surface area contributed by atoms with Gasteiger partial charge in [-0.2, -0.15) is 5.10 Å². The number of hydrogen-bond acceptors (Lipinski definition) is 4. The maximum absolute atomic E-state index is 12.3. The van der Waals surface area contributed by atoms with Crippen molar-refractivity contribution in [1.29, 1.82) is 0 Å². The molecule has 0 spiro atoms. The van der Waals surface area contributed by atoms with E-state index in [2.05, 4.69) is 31.4 Å². The highest BCUT2D eigenvalue weighted by Crippen LogP contribution is 2.20. The lowest BCUT2D eigenvalue weighted by Crippen LogP contribution is -2.19. The molecule has 1 amide bonds. The lowest BCUT2D eigenvalue weighted by Gasteiger charge is -2.06. The normalized spacial score (nSPS) is 11.1. The number of benzene rings is 2. The smallest absolute Gasteiger partial charge is 0.273 e. The number of para-hydroxylation sites is 1. The summed E-state index contributed by atoms with van der Waals surface area (Å²) in [5.41, 5.74) is 4.90. The number of phenolic OH excluding ortho intramolecular Hbond substituents is 1. The van der Waals surface area contributed by atoms with Crippen LogP contribution in [0.5, 0.6) is 5.75 Å². The van der Waals surface area contributed by atoms with Gasteiger partial charge in [0, 0.05) is 15.4 Å². The molecule has 2 aromatic carbocycles. The third-order valence-electron chi connectivity index (χ3n) is 3.52. The van der Waals surface area contributed by atoms with Gasteiger partial charge in [-0.15, -0.1) is 0 Å². The Morgan fingerprint density at radius 1 is 1.25 bits per heavy atom. The first-order valence-corrected chi connectivity index (χ1v) is 8.02. The minimum atomic E-state index is -0.350. The van der Waals surface area contributed by atoms with Gasteiger partial charge in [0.05, 0.1) is 23.0 Å². The molecule has 0 saturated heterocycles. The third kappa shape index (κ3) is 3.44. The lowest BCUT2D eigenvalue weighted by molar-refractivity contribution is 0.0954. The van der Waals surface area contributed by atoms with Gasteiger partial charge in [-0.25, -0.2) is 5.43 Å². The number of phenols is 1. The summed E-state index contributed by atoms with van der Waals surface area (Å²) in [6.45, 7) is 1.78. The minimum absolute atomic E-state index is 0.0831. The van der Waals surface area contributed by atoms with E-state index >= 15 is 0 Å². The second kappa shape index (κ2) is 6.80. The highest BCUT2D eigenvalue weighted by Gasteiger charge is 2.10. The van der Waals surface area contributed by atoms with Gasteiger partial charge in [-0.3, -0.25) is 9.78 Å². The first-order chi connectivity index (χ1) is 11.5. The Bertz CT molecular complexity index is 954. The average molecular weight is 384 g/mol. The van der Waals surface area contributed by atoms with Crippen LogP contribution in [0.25, 0.3) is 10.9 Å². The number of carbonyl (C=O) groups is 1. The Morgan fingerprint density at radius 2 is 2.04 bits per heavy atom. The van der Waals surface area contributed by atoms with Crippen molar-refractivity contribution in [1.82, 2.24) is 10.4 Å². The molecular formula is C18H14BrN3O2. The number of aromatic nitrogens is 1. The first kappa shape index (κ1) is 16.1. The molecule has 0 saturated carbocycles. The van der Waals surface area contributed by atoms with Crippen molar-refractivity contribution in [2.24, 2.45) is 5.10 Å². The number of amides is 1. The zero-order valence-electron chi connectivity index (χ0n) is 12.8. The molecule has 120 valence electrons. The Balaban J connectivity index is 1.81. The van der Waals surface area contributed by atoms with E-state index in [0.717, 1.165) is 15.4 Å². The van der Waals surface area contributed by atoms with E-state index in [-0.39, 0.29) is 11.7 Å². The zero-order valence-corrected chi connectivity index (χ0v) is 14.4. The molecule has 1 heterocycles. The predicted molar refractivity (Wildman–Crippen MR) is 97.3 cm³/mol. The van der Waals surface area contributed by atoms with Crippen molar-refractivity contribution in [3.8, 4) is 5.75 Å². The van der Waals surface area contributed by atoms with Crippen LogP contribution in [0.2, 0.25) is 0 Å². The van der Waals surface area contributed by atoms with Crippen LogP contribution in [0.4, 0.5) is 0 Å². The molecular weight excluding hydrogens is 370 g/mol. The maximum Gasteiger partial charge on any atom is 0.273 e. The van der Waals surface area contributed by atoms with Crippen LogP contribution in [0.15, 0.2) is 58.1 Å². The van der Waals surface area contributed by atoms with Crippen molar-refractivity contribution < 1.29 is 9.90 Å². The topological polar surface area (TPSA) is 74.6 Å². The largest absolute Gasteiger partial charge is 0.507 e. The van der Waals surface area contributed by atoms with Crippen LogP contribution in [-0.4, -0.2) is 22.2 Å². The SMILES string of the molecule is Cc1nc2ccccc2cc1C(=O)N/N=C/c1cc(Br)ccc1O. The summed E-state index contributed by atoms with van der Waals surface area (Å²) in [6.07, 6.45) is 1.39. The van der Waals surface area contributed by atoms with Gasteiger partial charge in [0.15, 0.2) is 0 Å². The predicted octanol–water partition coefficient (Wildman–Crippen LogP) is 3.78. The molecule has 2 N–H and O–H groups in total. The maximum atomic E-state index is 12.3. The molecule has 0 atom stereocenters. The van der Waals surface area contributed by atoms with Crippen molar-refractivity contribution in [3.63, 3.8) is 0 Å². The number of nitrogens with one attached hydrogen (secondary N) is 1. The van der Waals surface area contributed by atoms with Gasteiger partial charge < -0.3 is 5.11 Å². The summed E-state index contributed by atoms with van der Waals surface area (Å²) in [5, 5.41) is 14.5. The molecule has 0 unspecified atom stereocenters. The van der Waals surface area contributed by atoms with Crippen molar-refractivity contribution in [2.75, 3.05) is 0 Å². The van der Waals surface area contributed by atoms with Crippen LogP contribution < -0.4 is 5.43 Å². The molecule has 0 fully saturated rings. The number of hydrazone groups is 1. The molecule has 1 aromatic heterocycles. The summed E-state index contributed by atoms with van der Waals surface area (Å²) >= 11 is 3.32. The number of fused-ring (bicyclic) bond motifs is 1. The quantitative estimate of drug-likeness (QED) is 0.533. The van der Waals surface area contributed by atoms with E-state index in [9.17, 15) is 9.90 Å². The number of pyridine rings is 1. The zero-order chi connectivity index (χ0) is 17.1. The average Bonchev–Trinajstić information content (AvgIpc) is 2.57. The van der Waals surface area contributed by atoms with Crippen LogP contribution in [0, 0.1) is 6.92 Å². The Kier molecular flexibility index (Phi) is 4.57. The molecule has 3 aromatic rings. The summed E-state index contributed by atoms with van der Waals surface area (Å²) in [6, 6.07) is 14.4. The Labute approximate surface area is 147 Å². The molecule has 0 radical (unpaired) electrons. The summed E-state index contributed by atoms with van der Waals surface area (Å²) in [4.78, 5) is 16.7. The third-order valence-corrected chi connectivity index (χ3v) is 4.01. The number of rotatable bonds is 3. The van der Waals surface area contributed by atoms with Crippen LogP contribution >= 0.6 is 15.9 Å². The fourth-order valence-electron chi connectivity index (χ4n) is 2.29. The lowest BCUT2D eigenvalue weighted by atomic mass is 10.1. The van der Waals surface area contributed by atoms with Gasteiger partial charge in [0.25, 0.3) is 5.91 Å². The standard InChI is InChI=1S/C18H14BrN3O2/c1-11-15(9-12-4-2-3-5-16(12)21-11)18(24)22-20-10-13-8-14(19)6-7-17(13)23/h2-10,23H,1H3,(H,22,24)/b20-10+.